The zero-order chi connectivity index (χ0) is 19.9. The number of H-pyrrole nitrogens is 1. The second-order valence-corrected chi connectivity index (χ2v) is 6.66. The average Bonchev–Trinajstić information content (AvgIpc) is 2.68. The summed E-state index contributed by atoms with van der Waals surface area (Å²) in [6.45, 7) is 2.31. The highest BCUT2D eigenvalue weighted by Crippen LogP contribution is 2.12. The van der Waals surface area contributed by atoms with Crippen LogP contribution in [-0.4, -0.2) is 16.8 Å². The fraction of sp³-hybridized carbons (Fsp3) is 0.227. The van der Waals surface area contributed by atoms with Crippen LogP contribution in [0, 0.1) is 0 Å². The fourth-order valence-corrected chi connectivity index (χ4v) is 2.92. The predicted octanol–water partition coefficient (Wildman–Crippen LogP) is 3.13. The van der Waals surface area contributed by atoms with Crippen LogP contribution in [0.1, 0.15) is 30.9 Å². The topological polar surface area (TPSA) is 91.1 Å². The predicted molar refractivity (Wildman–Crippen MR) is 110 cm³/mol. The molecule has 0 radical (unpaired) electrons. The molecule has 0 bridgehead atoms. The molecule has 0 fully saturated rings. The largest absolute Gasteiger partial charge is 0.352 e. The summed E-state index contributed by atoms with van der Waals surface area (Å²) in [5.74, 6) is -0.231. The van der Waals surface area contributed by atoms with Gasteiger partial charge in [0.05, 0.1) is 6.42 Å². The first kappa shape index (κ1) is 19.4. The van der Waals surface area contributed by atoms with Crippen molar-refractivity contribution in [2.24, 2.45) is 0 Å². The second-order valence-electron chi connectivity index (χ2n) is 6.66. The van der Waals surface area contributed by atoms with Crippen molar-refractivity contribution in [1.82, 2.24) is 10.3 Å². The van der Waals surface area contributed by atoms with E-state index in [-0.39, 0.29) is 23.8 Å². The van der Waals surface area contributed by atoms with E-state index in [1.807, 2.05) is 55.5 Å². The van der Waals surface area contributed by atoms with Crippen molar-refractivity contribution in [2.75, 3.05) is 5.32 Å². The molecule has 0 aliphatic heterocycles. The van der Waals surface area contributed by atoms with Crippen LogP contribution in [-0.2, 0) is 22.6 Å². The monoisotopic (exact) mass is 377 g/mol. The van der Waals surface area contributed by atoms with Crippen LogP contribution in [0.5, 0.6) is 0 Å². The zero-order valence-corrected chi connectivity index (χ0v) is 15.7. The molecular formula is C22H23N3O3. The van der Waals surface area contributed by atoms with E-state index in [0.29, 0.717) is 18.5 Å². The van der Waals surface area contributed by atoms with Crippen LogP contribution in [0.15, 0.2) is 59.4 Å². The lowest BCUT2D eigenvalue weighted by Gasteiger charge is -2.08. The van der Waals surface area contributed by atoms with Crippen molar-refractivity contribution in [2.45, 2.75) is 32.7 Å². The second kappa shape index (κ2) is 8.99. The highest BCUT2D eigenvalue weighted by molar-refractivity contribution is 5.90. The van der Waals surface area contributed by atoms with Crippen molar-refractivity contribution in [1.29, 1.82) is 0 Å². The number of benzene rings is 2. The van der Waals surface area contributed by atoms with Crippen LogP contribution in [0.25, 0.3) is 10.9 Å². The smallest absolute Gasteiger partial charge is 0.252 e. The Bertz CT molecular complexity index is 1040. The number of amides is 2. The molecular weight excluding hydrogens is 354 g/mol. The molecule has 0 atom stereocenters. The quantitative estimate of drug-likeness (QED) is 0.591. The normalized spacial score (nSPS) is 10.6. The first-order chi connectivity index (χ1) is 13.5. The number of aromatic amines is 1. The molecule has 2 amide bonds. The number of aromatic nitrogens is 1. The molecule has 3 aromatic rings. The number of carbonyl (C=O) groups is 2. The van der Waals surface area contributed by atoms with E-state index in [4.69, 9.17) is 0 Å². The molecule has 0 unspecified atom stereocenters. The number of nitrogens with one attached hydrogen (secondary N) is 3. The van der Waals surface area contributed by atoms with Gasteiger partial charge in [-0.1, -0.05) is 37.3 Å². The molecule has 2 aromatic carbocycles. The number of pyridine rings is 1. The molecule has 6 heteroatoms. The van der Waals surface area contributed by atoms with Gasteiger partial charge < -0.3 is 15.6 Å². The Kier molecular flexibility index (Phi) is 6.22. The Balaban J connectivity index is 1.56. The minimum atomic E-state index is -0.249. The number of fused-ring (bicyclic) bond motifs is 1. The van der Waals surface area contributed by atoms with Crippen molar-refractivity contribution in [3.8, 4) is 0 Å². The molecule has 0 saturated heterocycles. The summed E-state index contributed by atoms with van der Waals surface area (Å²) >= 11 is 0. The fourth-order valence-electron chi connectivity index (χ4n) is 2.92. The standard InChI is InChI=1S/C22H23N3O3/c1-2-5-20(26)24-18-10-8-15(9-11-18)14-23-21(27)13-17-12-16-6-3-4-7-19(16)25-22(17)28/h3-4,6-12H,2,5,13-14H2,1H3,(H,23,27)(H,24,26)(H,25,28). The first-order valence-corrected chi connectivity index (χ1v) is 9.31. The molecule has 3 rings (SSSR count). The molecule has 0 aliphatic carbocycles. The van der Waals surface area contributed by atoms with Crippen molar-refractivity contribution < 1.29 is 9.59 Å². The lowest BCUT2D eigenvalue weighted by molar-refractivity contribution is -0.120. The number of hydrogen-bond donors (Lipinski definition) is 3. The summed E-state index contributed by atoms with van der Waals surface area (Å²) in [5, 5.41) is 6.54. The van der Waals surface area contributed by atoms with Crippen LogP contribution in [0.2, 0.25) is 0 Å². The van der Waals surface area contributed by atoms with Crippen LogP contribution in [0.4, 0.5) is 5.69 Å². The summed E-state index contributed by atoms with van der Waals surface area (Å²) in [4.78, 5) is 38.8. The minimum Gasteiger partial charge on any atom is -0.352 e. The Labute approximate surface area is 163 Å². The maximum atomic E-state index is 12.2. The maximum absolute atomic E-state index is 12.2. The van der Waals surface area contributed by atoms with E-state index in [0.717, 1.165) is 28.6 Å². The molecule has 1 heterocycles. The van der Waals surface area contributed by atoms with E-state index in [1.165, 1.54) is 0 Å². The van der Waals surface area contributed by atoms with Gasteiger partial charge in [0.25, 0.3) is 5.56 Å². The lowest BCUT2D eigenvalue weighted by atomic mass is 10.1. The number of rotatable bonds is 7. The van der Waals surface area contributed by atoms with Crippen LogP contribution >= 0.6 is 0 Å². The van der Waals surface area contributed by atoms with Crippen LogP contribution < -0.4 is 16.2 Å². The Morgan fingerprint density at radius 1 is 1.00 bits per heavy atom. The number of para-hydroxylation sites is 1. The maximum Gasteiger partial charge on any atom is 0.252 e. The van der Waals surface area contributed by atoms with Crippen molar-refractivity contribution in [3.05, 3.63) is 76.1 Å². The minimum absolute atomic E-state index is 0.0100. The summed E-state index contributed by atoms with van der Waals surface area (Å²) in [5.41, 5.74) is 2.58. The Morgan fingerprint density at radius 3 is 2.50 bits per heavy atom. The average molecular weight is 377 g/mol. The zero-order valence-electron chi connectivity index (χ0n) is 15.7. The van der Waals surface area contributed by atoms with E-state index < -0.39 is 0 Å². The van der Waals surface area contributed by atoms with Gasteiger partial charge in [-0.2, -0.15) is 0 Å². The van der Waals surface area contributed by atoms with E-state index in [2.05, 4.69) is 15.6 Å². The van der Waals surface area contributed by atoms with Gasteiger partial charge in [0, 0.05) is 29.7 Å². The first-order valence-electron chi connectivity index (χ1n) is 9.31. The van der Waals surface area contributed by atoms with Gasteiger partial charge in [-0.3, -0.25) is 14.4 Å². The summed E-state index contributed by atoms with van der Waals surface area (Å²) in [7, 11) is 0. The third-order valence-corrected chi connectivity index (χ3v) is 4.39. The molecule has 1 aromatic heterocycles. The third kappa shape index (κ3) is 5.07. The van der Waals surface area contributed by atoms with Gasteiger partial charge >= 0.3 is 0 Å². The molecule has 0 spiro atoms. The Hall–Kier alpha value is -3.41. The Morgan fingerprint density at radius 2 is 1.75 bits per heavy atom. The molecule has 6 nitrogen and oxygen atoms in total. The van der Waals surface area contributed by atoms with E-state index in [9.17, 15) is 14.4 Å². The molecule has 3 N–H and O–H groups in total. The van der Waals surface area contributed by atoms with Gasteiger partial charge in [-0.25, -0.2) is 0 Å². The van der Waals surface area contributed by atoms with Crippen molar-refractivity contribution >= 4 is 28.4 Å². The summed E-state index contributed by atoms with van der Waals surface area (Å²) in [6.07, 6.45) is 1.31. The molecule has 28 heavy (non-hydrogen) atoms. The van der Waals surface area contributed by atoms with Crippen LogP contribution in [0.3, 0.4) is 0 Å². The van der Waals surface area contributed by atoms with E-state index >= 15 is 0 Å². The van der Waals surface area contributed by atoms with Crippen molar-refractivity contribution in [3.63, 3.8) is 0 Å². The number of anilines is 1. The van der Waals surface area contributed by atoms with Gasteiger partial charge in [0.2, 0.25) is 11.8 Å². The molecule has 0 aliphatic rings. The highest BCUT2D eigenvalue weighted by Gasteiger charge is 2.09. The highest BCUT2D eigenvalue weighted by atomic mass is 16.2. The number of hydrogen-bond acceptors (Lipinski definition) is 3. The van der Waals surface area contributed by atoms with Gasteiger partial charge in [0.15, 0.2) is 0 Å². The SMILES string of the molecule is CCCC(=O)Nc1ccc(CNC(=O)Cc2cc3ccccc3[nH]c2=O)cc1. The van der Waals surface area contributed by atoms with E-state index in [1.54, 1.807) is 6.07 Å². The summed E-state index contributed by atoms with van der Waals surface area (Å²) in [6, 6.07) is 16.5. The van der Waals surface area contributed by atoms with Gasteiger partial charge in [-0.05, 0) is 41.6 Å². The molecule has 144 valence electrons. The molecule has 0 saturated carbocycles. The third-order valence-electron chi connectivity index (χ3n) is 4.39. The van der Waals surface area contributed by atoms with Gasteiger partial charge in [0.1, 0.15) is 0 Å². The lowest BCUT2D eigenvalue weighted by Crippen LogP contribution is -2.27. The number of carbonyl (C=O) groups excluding carboxylic acids is 2. The van der Waals surface area contributed by atoms with Gasteiger partial charge in [-0.15, -0.1) is 0 Å². The summed E-state index contributed by atoms with van der Waals surface area (Å²) < 4.78 is 0.